The molecule has 0 bridgehead atoms. The number of anilines is 1. The minimum atomic E-state index is -0.516. The summed E-state index contributed by atoms with van der Waals surface area (Å²) in [5.74, 6) is 0.178. The Balaban J connectivity index is 1.63. The summed E-state index contributed by atoms with van der Waals surface area (Å²) in [6.07, 6.45) is 2.54. The van der Waals surface area contributed by atoms with Crippen LogP contribution in [0.15, 0.2) is 72.4 Å². The average molecular weight is 551 g/mol. The van der Waals surface area contributed by atoms with Gasteiger partial charge in [0.25, 0.3) is 5.91 Å². The molecule has 0 saturated carbocycles. The van der Waals surface area contributed by atoms with Crippen LogP contribution in [-0.2, 0) is 27.4 Å². The van der Waals surface area contributed by atoms with E-state index in [4.69, 9.17) is 38.0 Å². The number of nitrogens with zero attached hydrogens (tertiary/aromatic N) is 2. The van der Waals surface area contributed by atoms with E-state index in [9.17, 15) is 9.59 Å². The summed E-state index contributed by atoms with van der Waals surface area (Å²) < 4.78 is 16.3. The van der Waals surface area contributed by atoms with Gasteiger partial charge in [0, 0.05) is 5.02 Å². The van der Waals surface area contributed by atoms with Crippen LogP contribution in [0, 0.1) is 0 Å². The zero-order valence-corrected chi connectivity index (χ0v) is 22.8. The number of thiocarbonyl (C=S) groups is 1. The van der Waals surface area contributed by atoms with Crippen molar-refractivity contribution in [2.24, 2.45) is 0 Å². The monoisotopic (exact) mass is 550 g/mol. The number of rotatable bonds is 9. The van der Waals surface area contributed by atoms with Gasteiger partial charge in [-0.1, -0.05) is 48.9 Å². The van der Waals surface area contributed by atoms with Crippen LogP contribution in [0.4, 0.5) is 5.69 Å². The van der Waals surface area contributed by atoms with Crippen LogP contribution in [0.3, 0.4) is 0 Å². The first-order chi connectivity index (χ1) is 18.3. The number of amides is 1. The van der Waals surface area contributed by atoms with Gasteiger partial charge < -0.3 is 19.1 Å². The van der Waals surface area contributed by atoms with Crippen molar-refractivity contribution < 1.29 is 23.8 Å². The first-order valence-electron chi connectivity index (χ1n) is 11.9. The molecule has 0 aliphatic carbocycles. The van der Waals surface area contributed by atoms with Gasteiger partial charge in [0.2, 0.25) is 0 Å². The molecule has 1 heterocycles. The third-order valence-electron chi connectivity index (χ3n) is 6.05. The first kappa shape index (κ1) is 27.2. The lowest BCUT2D eigenvalue weighted by molar-refractivity contribution is -0.140. The summed E-state index contributed by atoms with van der Waals surface area (Å²) in [6, 6.07) is 20.3. The Morgan fingerprint density at radius 1 is 0.974 bits per heavy atom. The van der Waals surface area contributed by atoms with Gasteiger partial charge >= 0.3 is 5.97 Å². The standard InChI is InChI=1S/C29H27ClN2O5S/c1-4-19-7-12-23(13-8-19)32-28(34)24(31(29(32)38)17-27(33)36-3)15-21-9-14-25(26(16-21)35-2)37-18-20-5-10-22(30)11-6-20/h5-16H,4,17-18H2,1-3H3/b24-15-. The van der Waals surface area contributed by atoms with Crippen molar-refractivity contribution in [2.75, 3.05) is 25.7 Å². The minimum absolute atomic E-state index is 0.199. The van der Waals surface area contributed by atoms with Crippen molar-refractivity contribution in [2.45, 2.75) is 20.0 Å². The number of aryl methyl sites for hydroxylation is 1. The Morgan fingerprint density at radius 3 is 2.29 bits per heavy atom. The SMILES string of the molecule is CCc1ccc(N2C(=O)/C(=C/c3ccc(OCc4ccc(Cl)cc4)c(OC)c3)N(CC(=O)OC)C2=S)cc1. The van der Waals surface area contributed by atoms with E-state index in [1.54, 1.807) is 43.5 Å². The fraction of sp³-hybridized carbons (Fsp3) is 0.207. The second-order valence-corrected chi connectivity index (χ2v) is 9.26. The fourth-order valence-corrected chi connectivity index (χ4v) is 4.41. The highest BCUT2D eigenvalue weighted by molar-refractivity contribution is 7.80. The summed E-state index contributed by atoms with van der Waals surface area (Å²) >= 11 is 11.6. The molecule has 1 fully saturated rings. The summed E-state index contributed by atoms with van der Waals surface area (Å²) in [5, 5.41) is 0.855. The molecule has 1 saturated heterocycles. The van der Waals surface area contributed by atoms with E-state index in [0.29, 0.717) is 34.4 Å². The third-order valence-corrected chi connectivity index (χ3v) is 6.71. The second kappa shape index (κ2) is 12.1. The highest BCUT2D eigenvalue weighted by atomic mass is 35.5. The number of hydrogen-bond donors (Lipinski definition) is 0. The van der Waals surface area contributed by atoms with Gasteiger partial charge in [0.05, 0.1) is 19.9 Å². The van der Waals surface area contributed by atoms with Gasteiger partial charge in [-0.15, -0.1) is 0 Å². The number of methoxy groups -OCH3 is 2. The van der Waals surface area contributed by atoms with E-state index in [0.717, 1.165) is 17.5 Å². The molecule has 0 aromatic heterocycles. The Morgan fingerprint density at radius 2 is 1.66 bits per heavy atom. The number of esters is 1. The van der Waals surface area contributed by atoms with Crippen molar-refractivity contribution in [3.05, 3.63) is 94.1 Å². The van der Waals surface area contributed by atoms with E-state index >= 15 is 0 Å². The predicted molar refractivity (Wildman–Crippen MR) is 151 cm³/mol. The maximum atomic E-state index is 13.6. The highest BCUT2D eigenvalue weighted by Crippen LogP contribution is 2.33. The molecule has 0 spiro atoms. The summed E-state index contributed by atoms with van der Waals surface area (Å²) in [5.41, 5.74) is 3.64. The lowest BCUT2D eigenvalue weighted by Crippen LogP contribution is -2.35. The quantitative estimate of drug-likeness (QED) is 0.194. The van der Waals surface area contributed by atoms with Crippen molar-refractivity contribution >= 4 is 52.6 Å². The molecule has 0 N–H and O–H groups in total. The van der Waals surface area contributed by atoms with Gasteiger partial charge in [-0.2, -0.15) is 0 Å². The van der Waals surface area contributed by atoms with Crippen LogP contribution in [0.1, 0.15) is 23.6 Å². The van der Waals surface area contributed by atoms with E-state index in [1.807, 2.05) is 36.4 Å². The van der Waals surface area contributed by atoms with Crippen LogP contribution in [0.2, 0.25) is 5.02 Å². The topological polar surface area (TPSA) is 68.3 Å². The molecule has 3 aromatic carbocycles. The van der Waals surface area contributed by atoms with E-state index in [1.165, 1.54) is 16.9 Å². The summed E-state index contributed by atoms with van der Waals surface area (Å²) in [6.45, 7) is 2.19. The molecule has 0 unspecified atom stereocenters. The number of ether oxygens (including phenoxy) is 3. The minimum Gasteiger partial charge on any atom is -0.493 e. The maximum absolute atomic E-state index is 13.6. The van der Waals surface area contributed by atoms with Crippen molar-refractivity contribution in [3.63, 3.8) is 0 Å². The molecule has 9 heteroatoms. The molecule has 1 aliphatic rings. The number of benzene rings is 3. The van der Waals surface area contributed by atoms with E-state index < -0.39 is 5.97 Å². The van der Waals surface area contributed by atoms with Crippen molar-refractivity contribution in [1.82, 2.24) is 4.90 Å². The molecule has 1 aliphatic heterocycles. The van der Waals surface area contributed by atoms with Crippen LogP contribution in [-0.4, -0.2) is 42.7 Å². The molecule has 7 nitrogen and oxygen atoms in total. The zero-order valence-electron chi connectivity index (χ0n) is 21.3. The fourth-order valence-electron chi connectivity index (χ4n) is 3.93. The smallest absolute Gasteiger partial charge is 0.325 e. The first-order valence-corrected chi connectivity index (χ1v) is 12.7. The lowest BCUT2D eigenvalue weighted by Gasteiger charge is -2.19. The third kappa shape index (κ3) is 5.98. The number of hydrogen-bond acceptors (Lipinski definition) is 6. The van der Waals surface area contributed by atoms with Gasteiger partial charge in [0.15, 0.2) is 16.6 Å². The van der Waals surface area contributed by atoms with E-state index in [2.05, 4.69) is 6.92 Å². The lowest BCUT2D eigenvalue weighted by atomic mass is 10.1. The number of halogens is 1. The Bertz CT molecular complexity index is 1370. The zero-order chi connectivity index (χ0) is 27.2. The molecular formula is C29H27ClN2O5S. The summed E-state index contributed by atoms with van der Waals surface area (Å²) in [7, 11) is 2.84. The molecule has 1 amide bonds. The van der Waals surface area contributed by atoms with Crippen molar-refractivity contribution in [1.29, 1.82) is 0 Å². The normalized spacial score (nSPS) is 14.3. The van der Waals surface area contributed by atoms with Gasteiger partial charge in [-0.25, -0.2) is 0 Å². The molecular weight excluding hydrogens is 524 g/mol. The highest BCUT2D eigenvalue weighted by Gasteiger charge is 2.40. The number of carbonyl (C=O) groups excluding carboxylic acids is 2. The molecule has 0 atom stereocenters. The molecule has 3 aromatic rings. The molecule has 4 rings (SSSR count). The molecule has 196 valence electrons. The van der Waals surface area contributed by atoms with Gasteiger partial charge in [0.1, 0.15) is 18.8 Å². The van der Waals surface area contributed by atoms with Gasteiger partial charge in [-0.3, -0.25) is 14.5 Å². The van der Waals surface area contributed by atoms with Crippen LogP contribution < -0.4 is 14.4 Å². The summed E-state index contributed by atoms with van der Waals surface area (Å²) in [4.78, 5) is 28.6. The Kier molecular flexibility index (Phi) is 8.66. The molecule has 0 radical (unpaired) electrons. The average Bonchev–Trinajstić information content (AvgIpc) is 3.16. The Hall–Kier alpha value is -3.88. The van der Waals surface area contributed by atoms with Crippen LogP contribution >= 0.6 is 23.8 Å². The van der Waals surface area contributed by atoms with Gasteiger partial charge in [-0.05, 0) is 77.8 Å². The van der Waals surface area contributed by atoms with E-state index in [-0.39, 0.29) is 23.3 Å². The largest absolute Gasteiger partial charge is 0.493 e. The second-order valence-electron chi connectivity index (χ2n) is 8.46. The molecule has 38 heavy (non-hydrogen) atoms. The van der Waals surface area contributed by atoms with Crippen molar-refractivity contribution in [3.8, 4) is 11.5 Å². The Labute approximate surface area is 232 Å². The predicted octanol–water partition coefficient (Wildman–Crippen LogP) is 5.64. The number of carbonyl (C=O) groups is 2. The maximum Gasteiger partial charge on any atom is 0.325 e. The van der Waals surface area contributed by atoms with Crippen LogP contribution in [0.25, 0.3) is 6.08 Å². The van der Waals surface area contributed by atoms with Crippen LogP contribution in [0.5, 0.6) is 11.5 Å².